The molecule has 0 saturated carbocycles. The fraction of sp³-hybridized carbons (Fsp3) is 0.457. The first-order chi connectivity index (χ1) is 23.3. The Labute approximate surface area is 289 Å². The Morgan fingerprint density at radius 2 is 1.76 bits per heavy atom. The lowest BCUT2D eigenvalue weighted by atomic mass is 10.0. The van der Waals surface area contributed by atoms with Gasteiger partial charge in [-0.25, -0.2) is 9.97 Å². The lowest BCUT2D eigenvalue weighted by Gasteiger charge is -2.29. The van der Waals surface area contributed by atoms with Crippen molar-refractivity contribution in [2.45, 2.75) is 86.0 Å². The predicted molar refractivity (Wildman–Crippen MR) is 184 cm³/mol. The number of nitrogens with zero attached hydrogens (tertiary/aromatic N) is 5. The highest BCUT2D eigenvalue weighted by atomic mass is 32.1. The Morgan fingerprint density at radius 1 is 1.02 bits per heavy atom. The zero-order chi connectivity index (χ0) is 35.4. The van der Waals surface area contributed by atoms with Gasteiger partial charge in [-0.05, 0) is 58.1 Å². The van der Waals surface area contributed by atoms with E-state index in [0.29, 0.717) is 23.7 Å². The van der Waals surface area contributed by atoms with Crippen molar-refractivity contribution in [2.24, 2.45) is 5.92 Å². The number of benzene rings is 1. The zero-order valence-electron chi connectivity index (χ0n) is 29.0. The monoisotopic (exact) mass is 688 g/mol. The Kier molecular flexibility index (Phi) is 11.0. The van der Waals surface area contributed by atoms with Crippen LogP contribution in [0.1, 0.15) is 99.4 Å². The summed E-state index contributed by atoms with van der Waals surface area (Å²) in [6, 6.07) is 7.90. The van der Waals surface area contributed by atoms with Gasteiger partial charge in [0, 0.05) is 30.6 Å². The van der Waals surface area contributed by atoms with Crippen LogP contribution in [0.2, 0.25) is 0 Å². The second kappa shape index (κ2) is 15.1. The number of hydrogen-bond donors (Lipinski definition) is 3. The minimum Gasteiger partial charge on any atom is -0.443 e. The van der Waals surface area contributed by atoms with Gasteiger partial charge in [0.05, 0.1) is 24.3 Å². The summed E-state index contributed by atoms with van der Waals surface area (Å²) in [4.78, 5) is 65.0. The molecule has 4 heterocycles. The van der Waals surface area contributed by atoms with Crippen molar-refractivity contribution in [3.8, 4) is 0 Å². The Balaban J connectivity index is 1.50. The highest BCUT2D eigenvalue weighted by Gasteiger charge is 2.30. The molecule has 49 heavy (non-hydrogen) atoms. The first kappa shape index (κ1) is 35.5. The van der Waals surface area contributed by atoms with Crippen LogP contribution in [0, 0.1) is 33.6 Å². The molecule has 0 radical (unpaired) electrons. The van der Waals surface area contributed by atoms with Gasteiger partial charge in [-0.2, -0.15) is 5.10 Å². The Morgan fingerprint density at radius 3 is 2.43 bits per heavy atom. The molecule has 14 heteroatoms. The third-order valence-corrected chi connectivity index (χ3v) is 9.85. The van der Waals surface area contributed by atoms with Gasteiger partial charge < -0.3 is 25.3 Å². The number of hydrogen-bond acceptors (Lipinski definition) is 9. The summed E-state index contributed by atoms with van der Waals surface area (Å²) in [5, 5.41) is 15.7. The van der Waals surface area contributed by atoms with Gasteiger partial charge in [-0.15, -0.1) is 11.3 Å². The molecule has 1 aliphatic rings. The maximum atomic E-state index is 14.0. The summed E-state index contributed by atoms with van der Waals surface area (Å²) in [5.74, 6) is -1.23. The summed E-state index contributed by atoms with van der Waals surface area (Å²) in [6.07, 6.45) is 0.504. The number of carbonyl (C=O) groups excluding carboxylic acids is 4. The molecule has 260 valence electrons. The lowest BCUT2D eigenvalue weighted by molar-refractivity contribution is -0.137. The van der Waals surface area contributed by atoms with Crippen LogP contribution in [0.15, 0.2) is 40.1 Å². The number of aromatic nitrogens is 4. The third-order valence-electron chi connectivity index (χ3n) is 8.82. The van der Waals surface area contributed by atoms with E-state index < -0.39 is 35.8 Å². The van der Waals surface area contributed by atoms with Gasteiger partial charge in [0.25, 0.3) is 11.8 Å². The molecule has 13 nitrogen and oxygen atoms in total. The summed E-state index contributed by atoms with van der Waals surface area (Å²) in [7, 11) is 0. The molecule has 3 N–H and O–H groups in total. The fourth-order valence-corrected chi connectivity index (χ4v) is 6.59. The normalized spacial score (nSPS) is 19.2. The van der Waals surface area contributed by atoms with E-state index in [1.165, 1.54) is 16.2 Å². The molecule has 3 atom stereocenters. The lowest BCUT2D eigenvalue weighted by Crippen LogP contribution is -2.50. The van der Waals surface area contributed by atoms with Crippen molar-refractivity contribution in [1.29, 1.82) is 0 Å². The van der Waals surface area contributed by atoms with Crippen molar-refractivity contribution in [2.75, 3.05) is 13.1 Å². The first-order valence-corrected chi connectivity index (χ1v) is 17.3. The van der Waals surface area contributed by atoms with Crippen LogP contribution >= 0.6 is 11.3 Å². The quantitative estimate of drug-likeness (QED) is 0.272. The van der Waals surface area contributed by atoms with Crippen molar-refractivity contribution < 1.29 is 23.6 Å². The first-order valence-electron chi connectivity index (χ1n) is 16.5. The summed E-state index contributed by atoms with van der Waals surface area (Å²) < 4.78 is 7.73. The smallest absolute Gasteiger partial charge is 0.274 e. The van der Waals surface area contributed by atoms with Gasteiger partial charge >= 0.3 is 0 Å². The van der Waals surface area contributed by atoms with Crippen LogP contribution in [0.5, 0.6) is 0 Å². The molecule has 0 fully saturated rings. The van der Waals surface area contributed by atoms with E-state index in [1.807, 2.05) is 69.6 Å². The van der Waals surface area contributed by atoms with E-state index in [-0.39, 0.29) is 48.6 Å². The van der Waals surface area contributed by atoms with E-state index in [2.05, 4.69) is 31.0 Å². The van der Waals surface area contributed by atoms with Crippen LogP contribution in [0.3, 0.4) is 0 Å². The van der Waals surface area contributed by atoms with Gasteiger partial charge in [0.15, 0.2) is 5.69 Å². The molecule has 4 amide bonds. The number of nitrogens with one attached hydrogen (secondary N) is 3. The maximum Gasteiger partial charge on any atom is 0.274 e. The predicted octanol–water partition coefficient (Wildman–Crippen LogP) is 4.14. The standard InChI is InChI=1S/C35H44N8O5S/c1-19(2)30-34-40-31(24(7)48-34)33(47)36-22(5)35-38-27(18-49-35)32(46)37-26(15-25-11-9-8-10-12-25)16-42(17-28(44)39-30)29(45)13-14-43-23(6)20(3)21(4)41-43/h8-12,18-19,22,26,30H,13-17H2,1-7H3,(H,36,47)(H,37,46)(H,39,44)/t22-,26-,30+/m1/s1. The number of oxazole rings is 1. The Hall–Kier alpha value is -4.85. The van der Waals surface area contributed by atoms with Crippen LogP contribution < -0.4 is 16.0 Å². The minimum atomic E-state index is -0.667. The summed E-state index contributed by atoms with van der Waals surface area (Å²) in [6.45, 7) is 13.2. The second-order valence-corrected chi connectivity index (χ2v) is 13.8. The molecule has 0 spiro atoms. The molecular formula is C35H44N8O5S. The summed E-state index contributed by atoms with van der Waals surface area (Å²) >= 11 is 1.26. The maximum absolute atomic E-state index is 14.0. The highest BCUT2D eigenvalue weighted by Crippen LogP contribution is 2.25. The van der Waals surface area contributed by atoms with Crippen LogP contribution in [-0.2, 0) is 22.6 Å². The largest absolute Gasteiger partial charge is 0.443 e. The third kappa shape index (κ3) is 8.42. The molecule has 1 aliphatic heterocycles. The van der Waals surface area contributed by atoms with Gasteiger partial charge in [-0.1, -0.05) is 44.2 Å². The molecule has 1 aromatic carbocycles. The molecule has 0 unspecified atom stereocenters. The van der Waals surface area contributed by atoms with Crippen molar-refractivity contribution in [3.63, 3.8) is 0 Å². The van der Waals surface area contributed by atoms with Crippen LogP contribution in [0.4, 0.5) is 0 Å². The van der Waals surface area contributed by atoms with Crippen LogP contribution in [-0.4, -0.2) is 67.4 Å². The van der Waals surface area contributed by atoms with Crippen molar-refractivity contribution in [3.05, 3.63) is 86.3 Å². The summed E-state index contributed by atoms with van der Waals surface area (Å²) in [5.41, 5.74) is 4.18. The number of amides is 4. The minimum absolute atomic E-state index is 0.0705. The van der Waals surface area contributed by atoms with Gasteiger partial charge in [0.2, 0.25) is 17.7 Å². The topological polar surface area (TPSA) is 164 Å². The van der Waals surface area contributed by atoms with Crippen LogP contribution in [0.25, 0.3) is 0 Å². The second-order valence-electron chi connectivity index (χ2n) is 12.9. The molecular weight excluding hydrogens is 645 g/mol. The van der Waals surface area contributed by atoms with E-state index in [9.17, 15) is 19.2 Å². The molecule has 4 bridgehead atoms. The van der Waals surface area contributed by atoms with E-state index >= 15 is 0 Å². The number of thiazole rings is 1. The van der Waals surface area contributed by atoms with Crippen molar-refractivity contribution >= 4 is 35.0 Å². The molecule has 5 rings (SSSR count). The number of rotatable bonds is 6. The molecule has 0 saturated heterocycles. The SMILES string of the molecule is Cc1nn(CCC(=O)N2CC(=O)N[C@@H](C(C)C)c3nc(c(C)o3)C(=O)N[C@H](C)c3nc(cs3)C(=O)N[C@H](Cc3ccccc3)C2)c(C)c1C. The zero-order valence-corrected chi connectivity index (χ0v) is 29.8. The Bertz CT molecular complexity index is 1830. The number of carbonyl (C=O) groups is 4. The number of fused-ring (bicyclic) bond motifs is 4. The average molecular weight is 689 g/mol. The fourth-order valence-electron chi connectivity index (χ4n) is 5.79. The number of aryl methyl sites for hydroxylation is 3. The average Bonchev–Trinajstić information content (AvgIpc) is 3.77. The van der Waals surface area contributed by atoms with Gasteiger partial charge in [-0.3, -0.25) is 23.9 Å². The van der Waals surface area contributed by atoms with Gasteiger partial charge in [0.1, 0.15) is 22.5 Å². The van der Waals surface area contributed by atoms with E-state index in [0.717, 1.165) is 22.5 Å². The molecule has 4 aromatic rings. The highest BCUT2D eigenvalue weighted by molar-refractivity contribution is 7.09. The van der Waals surface area contributed by atoms with Crippen molar-refractivity contribution in [1.82, 2.24) is 40.6 Å². The van der Waals surface area contributed by atoms with E-state index in [4.69, 9.17) is 4.42 Å². The molecule has 3 aromatic heterocycles. The molecule has 0 aliphatic carbocycles. The van der Waals surface area contributed by atoms with E-state index in [1.54, 1.807) is 19.2 Å².